The van der Waals surface area contributed by atoms with Gasteiger partial charge in [-0.05, 0) is 64.8 Å². The van der Waals surface area contributed by atoms with Gasteiger partial charge in [0.2, 0.25) is 0 Å². The van der Waals surface area contributed by atoms with Crippen molar-refractivity contribution in [3.05, 3.63) is 0 Å². The van der Waals surface area contributed by atoms with Gasteiger partial charge in [-0.25, -0.2) is 0 Å². The highest BCUT2D eigenvalue weighted by Crippen LogP contribution is 2.22. The summed E-state index contributed by atoms with van der Waals surface area (Å²) in [6.45, 7) is 8.78. The van der Waals surface area contributed by atoms with Crippen molar-refractivity contribution in [1.82, 2.24) is 15.1 Å². The zero-order chi connectivity index (χ0) is 12.3. The van der Waals surface area contributed by atoms with Crippen molar-refractivity contribution >= 4 is 0 Å². The van der Waals surface area contributed by atoms with Crippen LogP contribution in [0.2, 0.25) is 0 Å². The summed E-state index contributed by atoms with van der Waals surface area (Å²) >= 11 is 0. The van der Waals surface area contributed by atoms with E-state index in [1.165, 1.54) is 52.0 Å². The molecule has 0 amide bonds. The number of rotatable bonds is 3. The fourth-order valence-corrected chi connectivity index (χ4v) is 3.29. The number of piperidine rings is 2. The highest BCUT2D eigenvalue weighted by atomic mass is 15.2. The van der Waals surface area contributed by atoms with Crippen LogP contribution in [0.15, 0.2) is 0 Å². The van der Waals surface area contributed by atoms with Crippen LogP contribution in [-0.4, -0.2) is 62.7 Å². The Morgan fingerprint density at radius 1 is 1.29 bits per heavy atom. The quantitative estimate of drug-likeness (QED) is 0.800. The largest absolute Gasteiger partial charge is 0.316 e. The van der Waals surface area contributed by atoms with Crippen LogP contribution in [-0.2, 0) is 0 Å². The average Bonchev–Trinajstić information content (AvgIpc) is 2.32. The van der Waals surface area contributed by atoms with Gasteiger partial charge in [0.05, 0.1) is 0 Å². The number of hydrogen-bond acceptors (Lipinski definition) is 3. The Hall–Kier alpha value is -0.120. The molecule has 0 aromatic rings. The fraction of sp³-hybridized carbons (Fsp3) is 1.00. The molecular weight excluding hydrogens is 210 g/mol. The van der Waals surface area contributed by atoms with Crippen molar-refractivity contribution < 1.29 is 0 Å². The molecule has 3 atom stereocenters. The maximum Gasteiger partial charge on any atom is 0.0217 e. The molecule has 2 aliphatic rings. The van der Waals surface area contributed by atoms with E-state index in [0.29, 0.717) is 0 Å². The van der Waals surface area contributed by atoms with Gasteiger partial charge in [0.1, 0.15) is 0 Å². The Morgan fingerprint density at radius 3 is 2.82 bits per heavy atom. The summed E-state index contributed by atoms with van der Waals surface area (Å²) in [6.07, 6.45) is 4.12. The smallest absolute Gasteiger partial charge is 0.0217 e. The fourth-order valence-electron chi connectivity index (χ4n) is 3.29. The molecule has 3 heteroatoms. The van der Waals surface area contributed by atoms with E-state index in [-0.39, 0.29) is 0 Å². The van der Waals surface area contributed by atoms with Crippen LogP contribution >= 0.6 is 0 Å². The predicted octanol–water partition coefficient (Wildman–Crippen LogP) is 1.26. The molecule has 0 bridgehead atoms. The normalized spacial score (nSPS) is 36.4. The number of nitrogens with zero attached hydrogens (tertiary/aromatic N) is 2. The summed E-state index contributed by atoms with van der Waals surface area (Å²) in [6, 6.07) is 0.778. The maximum atomic E-state index is 3.50. The number of hydrogen-bond donors (Lipinski definition) is 1. The molecule has 17 heavy (non-hydrogen) atoms. The van der Waals surface area contributed by atoms with E-state index in [1.54, 1.807) is 0 Å². The van der Waals surface area contributed by atoms with Crippen molar-refractivity contribution in [2.24, 2.45) is 11.8 Å². The first-order chi connectivity index (χ1) is 8.16. The molecule has 2 aliphatic heterocycles. The van der Waals surface area contributed by atoms with E-state index in [4.69, 9.17) is 0 Å². The third-order valence-electron chi connectivity index (χ3n) is 4.67. The first-order valence-electron chi connectivity index (χ1n) is 7.26. The van der Waals surface area contributed by atoms with E-state index < -0.39 is 0 Å². The SMILES string of the molecule is CC1CNCCC1CN1CCCC(N(C)C)C1. The molecule has 2 rings (SSSR count). The Bertz CT molecular complexity index is 230. The van der Waals surface area contributed by atoms with E-state index in [9.17, 15) is 0 Å². The molecule has 2 fully saturated rings. The molecular formula is C14H29N3. The van der Waals surface area contributed by atoms with Crippen LogP contribution in [0.1, 0.15) is 26.2 Å². The van der Waals surface area contributed by atoms with Crippen molar-refractivity contribution in [3.63, 3.8) is 0 Å². The topological polar surface area (TPSA) is 18.5 Å². The minimum atomic E-state index is 0.778. The first-order valence-corrected chi connectivity index (χ1v) is 7.26. The van der Waals surface area contributed by atoms with Gasteiger partial charge in [-0.1, -0.05) is 6.92 Å². The van der Waals surface area contributed by atoms with Crippen molar-refractivity contribution in [3.8, 4) is 0 Å². The first kappa shape index (κ1) is 13.3. The molecule has 0 aliphatic carbocycles. The van der Waals surface area contributed by atoms with Crippen LogP contribution in [0, 0.1) is 11.8 Å². The molecule has 3 nitrogen and oxygen atoms in total. The lowest BCUT2D eigenvalue weighted by Gasteiger charge is -2.40. The second kappa shape index (κ2) is 6.17. The Balaban J connectivity index is 1.81. The monoisotopic (exact) mass is 239 g/mol. The van der Waals surface area contributed by atoms with E-state index >= 15 is 0 Å². The number of likely N-dealkylation sites (N-methyl/N-ethyl adjacent to an activating group) is 1. The van der Waals surface area contributed by atoms with Gasteiger partial charge in [0, 0.05) is 19.1 Å². The predicted molar refractivity (Wildman–Crippen MR) is 73.3 cm³/mol. The van der Waals surface area contributed by atoms with Gasteiger partial charge >= 0.3 is 0 Å². The van der Waals surface area contributed by atoms with E-state index in [2.05, 4.69) is 36.1 Å². The van der Waals surface area contributed by atoms with E-state index in [1.807, 2.05) is 0 Å². The maximum absolute atomic E-state index is 3.50. The number of likely N-dealkylation sites (tertiary alicyclic amines) is 1. The molecule has 2 saturated heterocycles. The van der Waals surface area contributed by atoms with Crippen LogP contribution in [0.3, 0.4) is 0 Å². The van der Waals surface area contributed by atoms with Crippen LogP contribution in [0.4, 0.5) is 0 Å². The summed E-state index contributed by atoms with van der Waals surface area (Å²) in [5.41, 5.74) is 0. The van der Waals surface area contributed by atoms with Crippen molar-refractivity contribution in [1.29, 1.82) is 0 Å². The lowest BCUT2D eigenvalue weighted by molar-refractivity contribution is 0.0983. The molecule has 100 valence electrons. The highest BCUT2D eigenvalue weighted by molar-refractivity contribution is 4.82. The third-order valence-corrected chi connectivity index (χ3v) is 4.67. The van der Waals surface area contributed by atoms with Crippen molar-refractivity contribution in [2.75, 3.05) is 46.8 Å². The summed E-state index contributed by atoms with van der Waals surface area (Å²) < 4.78 is 0. The minimum absolute atomic E-state index is 0.778. The third kappa shape index (κ3) is 3.67. The summed E-state index contributed by atoms with van der Waals surface area (Å²) in [4.78, 5) is 5.11. The summed E-state index contributed by atoms with van der Waals surface area (Å²) in [5, 5.41) is 3.50. The van der Waals surface area contributed by atoms with Crippen LogP contribution in [0.25, 0.3) is 0 Å². The Labute approximate surface area is 107 Å². The molecule has 0 aromatic heterocycles. The molecule has 0 saturated carbocycles. The lowest BCUT2D eigenvalue weighted by Crippen LogP contribution is -2.48. The number of nitrogens with one attached hydrogen (secondary N) is 1. The highest BCUT2D eigenvalue weighted by Gasteiger charge is 2.27. The zero-order valence-electron chi connectivity index (χ0n) is 11.8. The van der Waals surface area contributed by atoms with E-state index in [0.717, 1.165) is 17.9 Å². The molecule has 0 aromatic carbocycles. The van der Waals surface area contributed by atoms with Gasteiger partial charge in [0.25, 0.3) is 0 Å². The molecule has 2 heterocycles. The summed E-state index contributed by atoms with van der Waals surface area (Å²) in [7, 11) is 4.45. The van der Waals surface area contributed by atoms with Crippen molar-refractivity contribution in [2.45, 2.75) is 32.2 Å². The summed E-state index contributed by atoms with van der Waals surface area (Å²) in [5.74, 6) is 1.76. The Kier molecular flexibility index (Phi) is 4.83. The van der Waals surface area contributed by atoms with Gasteiger partial charge in [-0.15, -0.1) is 0 Å². The van der Waals surface area contributed by atoms with Gasteiger partial charge in [0.15, 0.2) is 0 Å². The van der Waals surface area contributed by atoms with Gasteiger partial charge in [-0.3, -0.25) is 0 Å². The van der Waals surface area contributed by atoms with Gasteiger partial charge < -0.3 is 15.1 Å². The minimum Gasteiger partial charge on any atom is -0.316 e. The Morgan fingerprint density at radius 2 is 2.12 bits per heavy atom. The second-order valence-corrected chi connectivity index (χ2v) is 6.25. The average molecular weight is 239 g/mol. The second-order valence-electron chi connectivity index (χ2n) is 6.25. The molecule has 0 spiro atoms. The molecule has 0 radical (unpaired) electrons. The van der Waals surface area contributed by atoms with Gasteiger partial charge in [-0.2, -0.15) is 0 Å². The molecule has 1 N–H and O–H groups in total. The standard InChI is InChI=1S/C14H29N3/c1-12-9-15-7-6-13(12)10-17-8-4-5-14(11-17)16(2)3/h12-15H,4-11H2,1-3H3. The molecule has 3 unspecified atom stereocenters. The zero-order valence-corrected chi connectivity index (χ0v) is 11.8. The lowest BCUT2D eigenvalue weighted by atomic mass is 9.87. The van der Waals surface area contributed by atoms with Crippen LogP contribution in [0.5, 0.6) is 0 Å². The van der Waals surface area contributed by atoms with Crippen LogP contribution < -0.4 is 5.32 Å².